The summed E-state index contributed by atoms with van der Waals surface area (Å²) in [6.07, 6.45) is 6.56. The van der Waals surface area contributed by atoms with Gasteiger partial charge in [0.2, 0.25) is 5.82 Å². The fourth-order valence-corrected chi connectivity index (χ4v) is 3.98. The molecule has 1 saturated carbocycles. The van der Waals surface area contributed by atoms with Crippen molar-refractivity contribution >= 4 is 5.97 Å². The van der Waals surface area contributed by atoms with Gasteiger partial charge in [-0.3, -0.25) is 4.79 Å². The van der Waals surface area contributed by atoms with E-state index in [-0.39, 0.29) is 17.6 Å². The first-order valence-corrected chi connectivity index (χ1v) is 9.83. The lowest BCUT2D eigenvalue weighted by Crippen LogP contribution is -2.28. The lowest BCUT2D eigenvalue weighted by Gasteiger charge is -2.34. The zero-order valence-corrected chi connectivity index (χ0v) is 15.8. The van der Waals surface area contributed by atoms with E-state index in [1.165, 1.54) is 6.07 Å². The molecule has 26 heavy (non-hydrogen) atoms. The van der Waals surface area contributed by atoms with Gasteiger partial charge in [0.15, 0.2) is 11.6 Å². The van der Waals surface area contributed by atoms with E-state index >= 15 is 0 Å². The van der Waals surface area contributed by atoms with Gasteiger partial charge in [-0.2, -0.15) is 4.39 Å². The van der Waals surface area contributed by atoms with Crippen LogP contribution in [0.1, 0.15) is 76.7 Å². The van der Waals surface area contributed by atoms with Crippen LogP contribution in [0.25, 0.3) is 0 Å². The predicted octanol–water partition coefficient (Wildman–Crippen LogP) is 5.92. The topological polar surface area (TPSA) is 46.5 Å². The molecule has 0 aromatic heterocycles. The van der Waals surface area contributed by atoms with E-state index in [1.807, 2.05) is 6.92 Å². The van der Waals surface area contributed by atoms with Crippen LogP contribution in [0, 0.1) is 23.5 Å². The van der Waals surface area contributed by atoms with Gasteiger partial charge in [-0.15, -0.1) is 0 Å². The van der Waals surface area contributed by atoms with E-state index < -0.39 is 23.5 Å². The maximum Gasteiger partial charge on any atom is 0.306 e. The molecule has 3 nitrogen and oxygen atoms in total. The number of carboxylic acids is 1. The smallest absolute Gasteiger partial charge is 0.306 e. The number of hydrogen-bond acceptors (Lipinski definition) is 2. The highest BCUT2D eigenvalue weighted by atomic mass is 19.2. The highest BCUT2D eigenvalue weighted by molar-refractivity contribution is 5.70. The lowest BCUT2D eigenvalue weighted by molar-refractivity contribution is -0.143. The zero-order chi connectivity index (χ0) is 19.1. The average molecular weight is 368 g/mol. The summed E-state index contributed by atoms with van der Waals surface area (Å²) in [7, 11) is 0. The van der Waals surface area contributed by atoms with Gasteiger partial charge in [0, 0.05) is 0 Å². The molecule has 1 aliphatic rings. The molecule has 3 atom stereocenters. The minimum atomic E-state index is -0.953. The molecule has 1 aliphatic carbocycles. The van der Waals surface area contributed by atoms with Crippen molar-refractivity contribution in [3.05, 3.63) is 29.3 Å². The van der Waals surface area contributed by atoms with Crippen molar-refractivity contribution in [3.63, 3.8) is 0 Å². The summed E-state index contributed by atoms with van der Waals surface area (Å²) in [4.78, 5) is 11.3. The summed E-state index contributed by atoms with van der Waals surface area (Å²) in [5, 5.41) is 9.30. The Hall–Kier alpha value is -1.65. The number of carboxylic acid groups (broad SMARTS) is 1. The van der Waals surface area contributed by atoms with Crippen LogP contribution in [-0.2, 0) is 4.79 Å². The minimum absolute atomic E-state index is 0.0543. The maximum atomic E-state index is 14.7. The number of halogens is 2. The average Bonchev–Trinajstić information content (AvgIpc) is 2.64. The fourth-order valence-electron chi connectivity index (χ4n) is 3.98. The second-order valence-electron chi connectivity index (χ2n) is 7.31. The summed E-state index contributed by atoms with van der Waals surface area (Å²) in [6, 6.07) is 3.07. The molecule has 2 rings (SSSR count). The second kappa shape index (κ2) is 9.89. The summed E-state index contributed by atoms with van der Waals surface area (Å²) in [6.45, 7) is 4.50. The maximum absolute atomic E-state index is 14.7. The van der Waals surface area contributed by atoms with Crippen molar-refractivity contribution in [2.45, 2.75) is 71.1 Å². The van der Waals surface area contributed by atoms with Crippen LogP contribution < -0.4 is 4.74 Å². The Morgan fingerprint density at radius 2 is 1.92 bits per heavy atom. The highest BCUT2D eigenvalue weighted by Gasteiger charge is 2.36. The van der Waals surface area contributed by atoms with E-state index in [4.69, 9.17) is 4.74 Å². The van der Waals surface area contributed by atoms with Crippen LogP contribution in [0.4, 0.5) is 8.78 Å². The number of carbonyl (C=O) groups is 1. The van der Waals surface area contributed by atoms with Crippen molar-refractivity contribution in [1.29, 1.82) is 0 Å². The molecule has 0 spiro atoms. The molecule has 0 bridgehead atoms. The van der Waals surface area contributed by atoms with Gasteiger partial charge in [-0.05, 0) is 49.1 Å². The van der Waals surface area contributed by atoms with Crippen LogP contribution >= 0.6 is 0 Å². The first kappa shape index (κ1) is 20.7. The quantitative estimate of drug-likeness (QED) is 0.551. The molecule has 0 saturated heterocycles. The van der Waals surface area contributed by atoms with Gasteiger partial charge in [-0.25, -0.2) is 4.39 Å². The number of hydrogen-bond donors (Lipinski definition) is 1. The Morgan fingerprint density at radius 3 is 2.58 bits per heavy atom. The van der Waals surface area contributed by atoms with Crippen molar-refractivity contribution in [2.24, 2.45) is 11.8 Å². The van der Waals surface area contributed by atoms with E-state index in [9.17, 15) is 18.7 Å². The molecule has 1 N–H and O–H groups in total. The molecule has 1 aromatic carbocycles. The van der Waals surface area contributed by atoms with E-state index in [2.05, 4.69) is 6.92 Å². The fraction of sp³-hybridized carbons (Fsp3) is 0.667. The van der Waals surface area contributed by atoms with Gasteiger partial charge in [0.05, 0.1) is 12.5 Å². The number of rotatable bonds is 9. The van der Waals surface area contributed by atoms with E-state index in [1.54, 1.807) is 6.07 Å². The monoisotopic (exact) mass is 368 g/mol. The summed E-state index contributed by atoms with van der Waals surface area (Å²) in [5.41, 5.74) is 0.290. The van der Waals surface area contributed by atoms with Crippen molar-refractivity contribution in [3.8, 4) is 5.75 Å². The second-order valence-corrected chi connectivity index (χ2v) is 7.31. The number of unbranched alkanes of at least 4 members (excludes halogenated alkanes) is 3. The molecule has 1 aromatic rings. The molecule has 1 unspecified atom stereocenters. The van der Waals surface area contributed by atoms with Gasteiger partial charge < -0.3 is 9.84 Å². The molecule has 5 heteroatoms. The Bertz CT molecular complexity index is 603. The summed E-state index contributed by atoms with van der Waals surface area (Å²) >= 11 is 0. The normalized spacial score (nSPS) is 23.0. The Balaban J connectivity index is 2.13. The molecular formula is C21H30F2O3. The van der Waals surface area contributed by atoms with Crippen molar-refractivity contribution in [1.82, 2.24) is 0 Å². The van der Waals surface area contributed by atoms with Crippen LogP contribution in [0.5, 0.6) is 5.75 Å². The Morgan fingerprint density at radius 1 is 1.15 bits per heavy atom. The van der Waals surface area contributed by atoms with Crippen molar-refractivity contribution in [2.75, 3.05) is 6.61 Å². The molecule has 0 heterocycles. The Kier molecular flexibility index (Phi) is 7.85. The third kappa shape index (κ3) is 4.95. The first-order chi connectivity index (χ1) is 12.5. The van der Waals surface area contributed by atoms with Gasteiger partial charge in [-0.1, -0.05) is 45.6 Å². The van der Waals surface area contributed by atoms with Gasteiger partial charge >= 0.3 is 5.97 Å². The van der Waals surface area contributed by atoms with Gasteiger partial charge in [0.1, 0.15) is 0 Å². The molecule has 146 valence electrons. The van der Waals surface area contributed by atoms with Crippen molar-refractivity contribution < 1.29 is 23.4 Å². The van der Waals surface area contributed by atoms with Crippen LogP contribution in [-0.4, -0.2) is 17.7 Å². The molecule has 1 fully saturated rings. The summed E-state index contributed by atoms with van der Waals surface area (Å²) in [5.74, 6) is -3.31. The lowest BCUT2D eigenvalue weighted by atomic mass is 9.70. The largest absolute Gasteiger partial charge is 0.490 e. The molecule has 0 amide bonds. The third-order valence-corrected chi connectivity index (χ3v) is 5.60. The zero-order valence-electron chi connectivity index (χ0n) is 15.8. The SMILES string of the molecule is CCCCCCOc1ccc(C2C[C@H](C(=O)O)CC[C@H]2CC)c(F)c1F. The standard InChI is InChI=1S/C21H30F2O3/c1-3-5-6-7-12-26-18-11-10-16(19(22)20(18)23)17-13-15(21(24)25)9-8-14(17)4-2/h10-11,14-15,17H,3-9,12-13H2,1-2H3,(H,24,25)/t14-,15-,17?/m1/s1. The predicted molar refractivity (Wildman–Crippen MR) is 97.5 cm³/mol. The Labute approximate surface area is 154 Å². The van der Waals surface area contributed by atoms with E-state index in [0.717, 1.165) is 38.5 Å². The molecule has 0 aliphatic heterocycles. The third-order valence-electron chi connectivity index (χ3n) is 5.60. The van der Waals surface area contributed by atoms with Crippen LogP contribution in [0.2, 0.25) is 0 Å². The highest BCUT2D eigenvalue weighted by Crippen LogP contribution is 2.44. The number of ether oxygens (including phenoxy) is 1. The van der Waals surface area contributed by atoms with Crippen LogP contribution in [0.3, 0.4) is 0 Å². The number of aliphatic carboxylic acids is 1. The molecular weight excluding hydrogens is 338 g/mol. The summed E-state index contributed by atoms with van der Waals surface area (Å²) < 4.78 is 34.6. The molecule has 0 radical (unpaired) electrons. The number of benzene rings is 1. The van der Waals surface area contributed by atoms with E-state index in [0.29, 0.717) is 25.0 Å². The minimum Gasteiger partial charge on any atom is -0.490 e. The van der Waals surface area contributed by atoms with Gasteiger partial charge in [0.25, 0.3) is 0 Å². The first-order valence-electron chi connectivity index (χ1n) is 9.83. The van der Waals surface area contributed by atoms with Crippen LogP contribution in [0.15, 0.2) is 12.1 Å².